The van der Waals surface area contributed by atoms with Gasteiger partial charge in [-0.3, -0.25) is 14.5 Å². The zero-order valence-corrected chi connectivity index (χ0v) is 18.5. The second-order valence-electron chi connectivity index (χ2n) is 6.95. The van der Waals surface area contributed by atoms with Gasteiger partial charge >= 0.3 is 5.97 Å². The topological polar surface area (TPSA) is 95.0 Å². The van der Waals surface area contributed by atoms with Crippen LogP contribution in [0.15, 0.2) is 41.8 Å². The van der Waals surface area contributed by atoms with Crippen molar-refractivity contribution in [3.63, 3.8) is 0 Å². The molecule has 0 saturated carbocycles. The van der Waals surface area contributed by atoms with Crippen molar-refractivity contribution in [3.8, 4) is 22.1 Å². The van der Waals surface area contributed by atoms with Gasteiger partial charge in [-0.25, -0.2) is 9.78 Å². The SMILES string of the molecule is CCOc1ccc(-c2nc(COC(=O)c3ccc4c(c3)C(=O)N(C)C4=O)cs2)cc1OC. The van der Waals surface area contributed by atoms with Gasteiger partial charge in [0.1, 0.15) is 11.6 Å². The van der Waals surface area contributed by atoms with Gasteiger partial charge in [0.15, 0.2) is 11.5 Å². The van der Waals surface area contributed by atoms with Crippen molar-refractivity contribution < 1.29 is 28.6 Å². The second kappa shape index (κ2) is 8.80. The number of fused-ring (bicyclic) bond motifs is 1. The molecule has 0 radical (unpaired) electrons. The molecule has 1 aliphatic rings. The van der Waals surface area contributed by atoms with Crippen molar-refractivity contribution in [1.29, 1.82) is 0 Å². The van der Waals surface area contributed by atoms with Crippen molar-refractivity contribution in [2.75, 3.05) is 20.8 Å². The summed E-state index contributed by atoms with van der Waals surface area (Å²) in [6, 6.07) is 9.90. The molecule has 164 valence electrons. The third kappa shape index (κ3) is 3.94. The molecule has 2 aromatic carbocycles. The van der Waals surface area contributed by atoms with Gasteiger partial charge < -0.3 is 14.2 Å². The summed E-state index contributed by atoms with van der Waals surface area (Å²) in [6.07, 6.45) is 0. The summed E-state index contributed by atoms with van der Waals surface area (Å²) in [4.78, 5) is 42.1. The number of rotatable bonds is 7. The van der Waals surface area contributed by atoms with E-state index in [2.05, 4.69) is 4.98 Å². The Morgan fingerprint density at radius 3 is 2.59 bits per heavy atom. The monoisotopic (exact) mass is 452 g/mol. The maximum absolute atomic E-state index is 12.5. The van der Waals surface area contributed by atoms with E-state index in [1.807, 2.05) is 30.5 Å². The van der Waals surface area contributed by atoms with Crippen LogP contribution in [0.1, 0.15) is 43.7 Å². The molecule has 3 aromatic rings. The number of thiazole rings is 1. The van der Waals surface area contributed by atoms with E-state index in [1.165, 1.54) is 36.6 Å². The van der Waals surface area contributed by atoms with Crippen molar-refractivity contribution in [1.82, 2.24) is 9.88 Å². The smallest absolute Gasteiger partial charge is 0.338 e. The van der Waals surface area contributed by atoms with E-state index >= 15 is 0 Å². The normalized spacial score (nSPS) is 12.7. The number of aromatic nitrogens is 1. The van der Waals surface area contributed by atoms with Crippen LogP contribution in [0.4, 0.5) is 0 Å². The van der Waals surface area contributed by atoms with Gasteiger partial charge in [0, 0.05) is 18.0 Å². The molecular weight excluding hydrogens is 432 g/mol. The number of benzene rings is 2. The summed E-state index contributed by atoms with van der Waals surface area (Å²) in [7, 11) is 2.98. The highest BCUT2D eigenvalue weighted by molar-refractivity contribution is 7.13. The molecule has 1 aliphatic heterocycles. The molecule has 0 aliphatic carbocycles. The third-order valence-corrected chi connectivity index (χ3v) is 5.88. The van der Waals surface area contributed by atoms with Crippen molar-refractivity contribution in [2.45, 2.75) is 13.5 Å². The van der Waals surface area contributed by atoms with Gasteiger partial charge in [-0.2, -0.15) is 0 Å². The largest absolute Gasteiger partial charge is 0.493 e. The number of hydrogen-bond acceptors (Lipinski definition) is 8. The molecular formula is C23H20N2O6S. The number of methoxy groups -OCH3 is 1. The fourth-order valence-electron chi connectivity index (χ4n) is 3.29. The predicted octanol–water partition coefficient (Wildman–Crippen LogP) is 3.80. The summed E-state index contributed by atoms with van der Waals surface area (Å²) in [5.41, 5.74) is 2.14. The van der Waals surface area contributed by atoms with Crippen molar-refractivity contribution >= 4 is 29.1 Å². The molecule has 0 atom stereocenters. The molecule has 9 heteroatoms. The number of ether oxygens (including phenoxy) is 3. The molecule has 0 bridgehead atoms. The van der Waals surface area contributed by atoms with Gasteiger partial charge in [-0.15, -0.1) is 11.3 Å². The zero-order valence-electron chi connectivity index (χ0n) is 17.7. The van der Waals surface area contributed by atoms with Gasteiger partial charge in [0.05, 0.1) is 36.1 Å². The molecule has 32 heavy (non-hydrogen) atoms. The highest BCUT2D eigenvalue weighted by Crippen LogP contribution is 2.34. The summed E-state index contributed by atoms with van der Waals surface area (Å²) >= 11 is 1.42. The molecule has 1 aromatic heterocycles. The van der Waals surface area contributed by atoms with Gasteiger partial charge in [0.2, 0.25) is 0 Å². The molecule has 0 saturated heterocycles. The van der Waals surface area contributed by atoms with Crippen LogP contribution in [0.25, 0.3) is 10.6 Å². The lowest BCUT2D eigenvalue weighted by molar-refractivity contribution is 0.0468. The first-order chi connectivity index (χ1) is 15.4. The Hall–Kier alpha value is -3.72. The summed E-state index contributed by atoms with van der Waals surface area (Å²) in [5, 5.41) is 2.56. The van der Waals surface area contributed by atoms with Crippen LogP contribution in [-0.2, 0) is 11.3 Å². The standard InChI is InChI=1S/C23H20N2O6S/c1-4-30-18-8-6-13(10-19(18)29-3)20-24-15(12-32-20)11-31-23(28)14-5-7-16-17(9-14)22(27)25(2)21(16)26/h5-10,12H,4,11H2,1-3H3. The first kappa shape index (κ1) is 21.5. The molecule has 0 N–H and O–H groups in total. The Labute approximate surface area is 188 Å². The molecule has 0 spiro atoms. The molecule has 0 unspecified atom stereocenters. The number of nitrogens with zero attached hydrogens (tertiary/aromatic N) is 2. The van der Waals surface area contributed by atoms with Crippen LogP contribution in [0.5, 0.6) is 11.5 Å². The van der Waals surface area contributed by atoms with Crippen LogP contribution in [-0.4, -0.2) is 48.4 Å². The number of carbonyl (C=O) groups excluding carboxylic acids is 3. The van der Waals surface area contributed by atoms with E-state index in [0.29, 0.717) is 23.8 Å². The lowest BCUT2D eigenvalue weighted by atomic mass is 10.1. The minimum absolute atomic E-state index is 0.0205. The van der Waals surface area contributed by atoms with E-state index in [0.717, 1.165) is 15.5 Å². The Morgan fingerprint density at radius 1 is 1.06 bits per heavy atom. The minimum Gasteiger partial charge on any atom is -0.493 e. The number of carbonyl (C=O) groups is 3. The minimum atomic E-state index is -0.597. The van der Waals surface area contributed by atoms with Gasteiger partial charge in [-0.05, 0) is 43.3 Å². The maximum atomic E-state index is 12.5. The van der Waals surface area contributed by atoms with Crippen LogP contribution in [0.3, 0.4) is 0 Å². The predicted molar refractivity (Wildman–Crippen MR) is 117 cm³/mol. The molecule has 4 rings (SSSR count). The summed E-state index contributed by atoms with van der Waals surface area (Å²) in [5.74, 6) is -0.145. The zero-order chi connectivity index (χ0) is 22.8. The average molecular weight is 452 g/mol. The first-order valence-electron chi connectivity index (χ1n) is 9.82. The lowest BCUT2D eigenvalue weighted by Crippen LogP contribution is -2.24. The Morgan fingerprint density at radius 2 is 1.84 bits per heavy atom. The van der Waals surface area contributed by atoms with Gasteiger partial charge in [-0.1, -0.05) is 0 Å². The van der Waals surface area contributed by atoms with Crippen molar-refractivity contribution in [2.24, 2.45) is 0 Å². The van der Waals surface area contributed by atoms with E-state index in [4.69, 9.17) is 14.2 Å². The number of hydrogen-bond donors (Lipinski definition) is 0. The van der Waals surface area contributed by atoms with Crippen molar-refractivity contribution in [3.05, 3.63) is 64.2 Å². The lowest BCUT2D eigenvalue weighted by Gasteiger charge is -2.09. The Balaban J connectivity index is 1.45. The number of amides is 2. The quantitative estimate of drug-likeness (QED) is 0.397. The van der Waals surface area contributed by atoms with E-state index < -0.39 is 11.9 Å². The summed E-state index contributed by atoms with van der Waals surface area (Å²) < 4.78 is 16.3. The highest BCUT2D eigenvalue weighted by Gasteiger charge is 2.33. The molecule has 2 amide bonds. The van der Waals surface area contributed by atoms with E-state index in [1.54, 1.807) is 7.11 Å². The van der Waals surface area contributed by atoms with Crippen LogP contribution >= 0.6 is 11.3 Å². The van der Waals surface area contributed by atoms with Crippen LogP contribution in [0.2, 0.25) is 0 Å². The van der Waals surface area contributed by atoms with E-state index in [-0.39, 0.29) is 29.2 Å². The fraction of sp³-hybridized carbons (Fsp3) is 0.217. The first-order valence-corrected chi connectivity index (χ1v) is 10.7. The maximum Gasteiger partial charge on any atom is 0.338 e. The molecule has 0 fully saturated rings. The third-order valence-electron chi connectivity index (χ3n) is 4.94. The van der Waals surface area contributed by atoms with E-state index in [9.17, 15) is 14.4 Å². The number of imide groups is 1. The Bertz CT molecular complexity index is 1220. The number of esters is 1. The Kier molecular flexibility index (Phi) is 5.91. The van der Waals surface area contributed by atoms with Crippen LogP contribution in [0, 0.1) is 0 Å². The second-order valence-corrected chi connectivity index (χ2v) is 7.81. The molecule has 2 heterocycles. The summed E-state index contributed by atoms with van der Waals surface area (Å²) in [6.45, 7) is 2.42. The highest BCUT2D eigenvalue weighted by atomic mass is 32.1. The molecule has 8 nitrogen and oxygen atoms in total. The van der Waals surface area contributed by atoms with Gasteiger partial charge in [0.25, 0.3) is 11.8 Å². The van der Waals surface area contributed by atoms with Crippen LogP contribution < -0.4 is 9.47 Å². The fourth-order valence-corrected chi connectivity index (χ4v) is 4.09. The average Bonchev–Trinajstić information content (AvgIpc) is 3.37.